The minimum atomic E-state index is -4.11. The summed E-state index contributed by atoms with van der Waals surface area (Å²) in [6, 6.07) is 9.23. The number of likely N-dealkylation sites (tertiary alicyclic amines) is 1. The third kappa shape index (κ3) is 13.2. The lowest BCUT2D eigenvalue weighted by atomic mass is 10.1. The number of pyridine rings is 2. The Morgan fingerprint density at radius 2 is 1.15 bits per heavy atom. The van der Waals surface area contributed by atoms with Crippen molar-refractivity contribution in [3.05, 3.63) is 85.2 Å². The van der Waals surface area contributed by atoms with Gasteiger partial charge in [-0.1, -0.05) is 12.2 Å². The first-order valence-corrected chi connectivity index (χ1v) is 28.2. The van der Waals surface area contributed by atoms with E-state index >= 15 is 0 Å². The molecule has 2 aromatic heterocycles. The number of halogens is 1. The fourth-order valence-corrected chi connectivity index (χ4v) is 10.8. The third-order valence-corrected chi connectivity index (χ3v) is 17.1. The molecule has 80 heavy (non-hydrogen) atoms. The molecule has 2 aliphatic carbocycles. The molecule has 2 aromatic carbocycles. The number of hydrogen-bond donors (Lipinski definition) is 5. The highest BCUT2D eigenvalue weighted by molar-refractivity contribution is 7.88. The maximum absolute atomic E-state index is 13.8. The average Bonchev–Trinajstić information content (AvgIpc) is 4.14. The molecule has 0 unspecified atom stereocenters. The molecule has 2 saturated carbocycles. The average molecular weight is 1170 g/mol. The van der Waals surface area contributed by atoms with Gasteiger partial charge in [-0.2, -0.15) is 25.4 Å². The van der Waals surface area contributed by atoms with Crippen LogP contribution in [0.25, 0.3) is 21.8 Å². The fourth-order valence-electron chi connectivity index (χ4n) is 9.56. The van der Waals surface area contributed by atoms with Gasteiger partial charge in [-0.05, 0) is 83.9 Å². The van der Waals surface area contributed by atoms with E-state index in [9.17, 15) is 40.8 Å². The summed E-state index contributed by atoms with van der Waals surface area (Å²) in [7, 11) is 0.260. The van der Waals surface area contributed by atoms with Crippen LogP contribution in [0.4, 0.5) is 4.79 Å². The van der Waals surface area contributed by atoms with E-state index in [1.807, 2.05) is 47.6 Å². The molecular weight excluding hydrogens is 1100 g/mol. The van der Waals surface area contributed by atoms with Crippen molar-refractivity contribution in [1.82, 2.24) is 48.9 Å². The topological polar surface area (TPSA) is 295 Å². The highest BCUT2D eigenvalue weighted by Crippen LogP contribution is 2.46. The van der Waals surface area contributed by atoms with E-state index < -0.39 is 90.9 Å². The molecule has 27 heteroatoms. The van der Waals surface area contributed by atoms with Gasteiger partial charge in [-0.3, -0.25) is 34.0 Å². The SMILES string of the molecule is C=C[C@@H]1C[C@]1(NC(=O)[C@@H]1C[C@@H](Oc2ccnc3c(C)c(OC)ccc23)CN1)C(=O)NS(=O)(=O)N(C)C.C=C[C@@H]1C[C@]1(NC(=O)[C@@H]1C[C@@H](Oc2ccnc3c(C)c(OC)ccc23)CN1C(=O)OC(C)(C)C)C(=O)NS(=O)(=O)N(C)C.Cl. The highest BCUT2D eigenvalue weighted by atomic mass is 35.5. The third-order valence-electron chi connectivity index (χ3n) is 14.3. The number of benzene rings is 2. The number of aromatic nitrogens is 2. The van der Waals surface area contributed by atoms with E-state index in [1.165, 1.54) is 39.2 Å². The van der Waals surface area contributed by atoms with Gasteiger partial charge in [0.05, 0.1) is 37.8 Å². The molecule has 4 aliphatic rings. The molecule has 8 atom stereocenters. The van der Waals surface area contributed by atoms with E-state index in [0.717, 1.165) is 41.8 Å². The van der Waals surface area contributed by atoms with Crippen LogP contribution in [0.2, 0.25) is 0 Å². The fraction of sp³-hybridized carbons (Fsp3) is 0.491. The molecule has 436 valence electrons. The maximum Gasteiger partial charge on any atom is 0.411 e. The van der Waals surface area contributed by atoms with Gasteiger partial charge in [0.25, 0.3) is 11.8 Å². The van der Waals surface area contributed by atoms with Crippen LogP contribution >= 0.6 is 12.4 Å². The van der Waals surface area contributed by atoms with Crippen LogP contribution in [0.1, 0.15) is 57.6 Å². The Morgan fingerprint density at radius 1 is 0.700 bits per heavy atom. The second-order valence-corrected chi connectivity index (χ2v) is 25.0. The van der Waals surface area contributed by atoms with Crippen molar-refractivity contribution in [2.75, 3.05) is 55.5 Å². The molecule has 5 amide bonds. The first-order valence-electron chi connectivity index (χ1n) is 25.3. The van der Waals surface area contributed by atoms with Gasteiger partial charge < -0.3 is 39.6 Å². The number of nitrogens with one attached hydrogen (secondary N) is 5. The van der Waals surface area contributed by atoms with Gasteiger partial charge >= 0.3 is 26.5 Å². The normalized spacial score (nSPS) is 24.1. The largest absolute Gasteiger partial charge is 0.496 e. The number of hydrogen-bond acceptors (Lipinski definition) is 17. The number of carbonyl (C=O) groups is 5. The van der Waals surface area contributed by atoms with Crippen molar-refractivity contribution >= 4 is 84.4 Å². The molecule has 4 heterocycles. The quantitative estimate of drug-likeness (QED) is 0.0893. The molecule has 2 aliphatic heterocycles. The lowest BCUT2D eigenvalue weighted by molar-refractivity contribution is -0.131. The van der Waals surface area contributed by atoms with Crippen LogP contribution in [0.5, 0.6) is 23.0 Å². The molecule has 0 radical (unpaired) electrons. The first-order chi connectivity index (χ1) is 37.0. The number of nitrogens with zero attached hydrogens (tertiary/aromatic N) is 5. The molecule has 5 N–H and O–H groups in total. The summed E-state index contributed by atoms with van der Waals surface area (Å²) in [4.78, 5) is 76.3. The van der Waals surface area contributed by atoms with Crippen LogP contribution in [0, 0.1) is 25.7 Å². The summed E-state index contributed by atoms with van der Waals surface area (Å²) in [5, 5.41) is 10.2. The summed E-state index contributed by atoms with van der Waals surface area (Å²) in [5.74, 6) is -0.988. The smallest absolute Gasteiger partial charge is 0.411 e. The first kappa shape index (κ1) is 62.4. The zero-order valence-electron chi connectivity index (χ0n) is 46.6. The van der Waals surface area contributed by atoms with Crippen molar-refractivity contribution in [3.8, 4) is 23.0 Å². The zero-order valence-corrected chi connectivity index (χ0v) is 49.0. The van der Waals surface area contributed by atoms with Gasteiger partial charge in [0.1, 0.15) is 57.9 Å². The number of carbonyl (C=O) groups excluding carboxylic acids is 5. The van der Waals surface area contributed by atoms with Crippen LogP contribution in [-0.4, -0.2) is 167 Å². The maximum atomic E-state index is 13.8. The molecule has 8 rings (SSSR count). The van der Waals surface area contributed by atoms with E-state index in [-0.39, 0.29) is 50.2 Å². The van der Waals surface area contributed by atoms with Gasteiger partial charge in [-0.15, -0.1) is 25.6 Å². The Bertz CT molecular complexity index is 3310. The Kier molecular flexibility index (Phi) is 18.8. The summed E-state index contributed by atoms with van der Waals surface area (Å²) in [6.07, 6.45) is 5.59. The predicted octanol–water partition coefficient (Wildman–Crippen LogP) is 3.36. The molecule has 2 saturated heterocycles. The Hall–Kier alpha value is -6.84. The lowest BCUT2D eigenvalue weighted by Crippen LogP contribution is -2.57. The van der Waals surface area contributed by atoms with Crippen molar-refractivity contribution in [1.29, 1.82) is 0 Å². The zero-order chi connectivity index (χ0) is 58.2. The number of methoxy groups -OCH3 is 2. The van der Waals surface area contributed by atoms with Gasteiger partial charge in [0.15, 0.2) is 0 Å². The van der Waals surface area contributed by atoms with Crippen molar-refractivity contribution < 1.29 is 64.5 Å². The van der Waals surface area contributed by atoms with Crippen LogP contribution in [0.3, 0.4) is 0 Å². The number of ether oxygens (including phenoxy) is 5. The van der Waals surface area contributed by atoms with Gasteiger partial charge in [-0.25, -0.2) is 14.2 Å². The van der Waals surface area contributed by atoms with Crippen molar-refractivity contribution in [3.63, 3.8) is 0 Å². The van der Waals surface area contributed by atoms with Gasteiger partial charge in [0, 0.05) is 93.7 Å². The molecule has 4 aromatic rings. The number of aryl methyl sites for hydroxylation is 2. The molecule has 24 nitrogen and oxygen atoms in total. The predicted molar refractivity (Wildman–Crippen MR) is 300 cm³/mol. The highest BCUT2D eigenvalue weighted by Gasteiger charge is 2.62. The second-order valence-electron chi connectivity index (χ2n) is 21.2. The van der Waals surface area contributed by atoms with E-state index in [4.69, 9.17) is 23.7 Å². The molecule has 0 spiro atoms. The lowest BCUT2D eigenvalue weighted by Gasteiger charge is -2.29. The van der Waals surface area contributed by atoms with E-state index in [0.29, 0.717) is 35.7 Å². The van der Waals surface area contributed by atoms with Crippen LogP contribution in [-0.2, 0) is 44.3 Å². The molecule has 0 bridgehead atoms. The van der Waals surface area contributed by atoms with Crippen LogP contribution in [0.15, 0.2) is 74.1 Å². The number of fused-ring (bicyclic) bond motifs is 2. The Balaban J connectivity index is 0.000000259. The van der Waals surface area contributed by atoms with Crippen molar-refractivity contribution in [2.24, 2.45) is 11.8 Å². The minimum absolute atomic E-state index is 0. The second kappa shape index (κ2) is 24.1. The summed E-state index contributed by atoms with van der Waals surface area (Å²) in [5.41, 5.74) is -0.497. The summed E-state index contributed by atoms with van der Waals surface area (Å²) >= 11 is 0. The Labute approximate surface area is 472 Å². The number of rotatable bonds is 18. The summed E-state index contributed by atoms with van der Waals surface area (Å²) < 4.78 is 83.7. The molecule has 4 fully saturated rings. The minimum Gasteiger partial charge on any atom is -0.496 e. The van der Waals surface area contributed by atoms with E-state index in [1.54, 1.807) is 65.6 Å². The number of amides is 5. The monoisotopic (exact) mass is 1170 g/mol. The van der Waals surface area contributed by atoms with E-state index in [2.05, 4.69) is 39.1 Å². The molecular formula is C53H71ClN10O14S2. The van der Waals surface area contributed by atoms with Crippen molar-refractivity contribution in [2.45, 2.75) is 101 Å². The summed E-state index contributed by atoms with van der Waals surface area (Å²) in [6.45, 7) is 16.8. The standard InChI is InChI=1S/C29H39N5O8S.C24H31N5O6S.ClH/c1-9-18-15-29(18,26(36)32-43(38,39)33(6)7)31-25(35)21-14-19(16-34(21)27(37)42-28(3,4)5)41-23-12-13-30-24-17(2)22(40-8)11-10-20(23)24;1-6-15-12-24(15,23(31)28-36(32,33)29(3)4)27-22(30)18-11-16(13-26-18)35-20-9-10-25-21-14(2)19(34-5)8-7-17(20)21;/h9-13,18-19,21H,1,14-16H2,2-8H3,(H,31,35)(H,32,36);6-10,15-16,18,26H,1,11-13H2,2-5H3,(H,27,30)(H,28,31);1H/t18-,19-,21+,29-;15-,16-,18+,24-;/m11./s1. The van der Waals surface area contributed by atoms with Gasteiger partial charge in [0.2, 0.25) is 11.8 Å². The van der Waals surface area contributed by atoms with Crippen LogP contribution < -0.4 is 44.3 Å². The Morgan fingerprint density at radius 3 is 1.56 bits per heavy atom.